The first-order chi connectivity index (χ1) is 14.4. The largest absolute Gasteiger partial charge is 0.507 e. The number of amides is 1. The molecule has 0 saturated heterocycles. The van der Waals surface area contributed by atoms with Gasteiger partial charge < -0.3 is 5.11 Å². The van der Waals surface area contributed by atoms with E-state index in [2.05, 4.69) is 20.9 Å². The molecule has 0 atom stereocenters. The van der Waals surface area contributed by atoms with Crippen molar-refractivity contribution >= 4 is 35.4 Å². The number of nitrogens with zero attached hydrogens (tertiary/aromatic N) is 2. The molecule has 0 fully saturated rings. The van der Waals surface area contributed by atoms with E-state index in [0.717, 1.165) is 4.68 Å². The number of carbonyl (C=O) groups excluding carboxylic acids is 2. The maximum absolute atomic E-state index is 13.0. The number of aromatic amines is 1. The maximum Gasteiger partial charge on any atom is 0.283 e. The highest BCUT2D eigenvalue weighted by atomic mass is 32.1. The Hall–Kier alpha value is -4.05. The molecule has 0 radical (unpaired) electrons. The topological polar surface area (TPSA) is 129 Å². The lowest BCUT2D eigenvalue weighted by Crippen LogP contribution is -2.38. The average molecular weight is 423 g/mol. The fourth-order valence-corrected chi connectivity index (χ4v) is 2.71. The second-order valence-electron chi connectivity index (χ2n) is 6.10. The first kappa shape index (κ1) is 20.7. The summed E-state index contributed by atoms with van der Waals surface area (Å²) in [5.41, 5.74) is 5.04. The molecule has 30 heavy (non-hydrogen) atoms. The molecule has 1 aromatic heterocycles. The minimum atomic E-state index is -0.728. The number of phenols is 1. The normalized spacial score (nSPS) is 10.7. The number of H-pyrrole nitrogens is 1. The van der Waals surface area contributed by atoms with Gasteiger partial charge in [-0.2, -0.15) is 4.68 Å². The Morgan fingerprint density at radius 1 is 1.10 bits per heavy atom. The standard InChI is InChI=1S/C20H17N5O4S/c1-12(26)22-23-20(30)21-11-15-17(13-7-3-2-4-8-13)24-25(19(15)29)18(28)14-9-5-6-10-16(14)27/h2-11,24,27H,1H3,(H,22,26)(H,23,30)/b21-11+. The van der Waals surface area contributed by atoms with Gasteiger partial charge in [0.25, 0.3) is 11.5 Å². The van der Waals surface area contributed by atoms with Crippen LogP contribution in [0.3, 0.4) is 0 Å². The third-order valence-corrected chi connectivity index (χ3v) is 4.19. The summed E-state index contributed by atoms with van der Waals surface area (Å²) < 4.78 is 0.795. The van der Waals surface area contributed by atoms with Gasteiger partial charge in [-0.25, -0.2) is 4.99 Å². The number of thiocarbonyl (C=S) groups is 1. The van der Waals surface area contributed by atoms with E-state index in [1.807, 2.05) is 6.07 Å². The monoisotopic (exact) mass is 423 g/mol. The Balaban J connectivity index is 2.06. The maximum atomic E-state index is 13.0. The number of hydrogen-bond donors (Lipinski definition) is 4. The summed E-state index contributed by atoms with van der Waals surface area (Å²) in [4.78, 5) is 40.7. The summed E-state index contributed by atoms with van der Waals surface area (Å²) in [5.74, 6) is -1.34. The lowest BCUT2D eigenvalue weighted by molar-refractivity contribution is -0.119. The first-order valence-electron chi connectivity index (χ1n) is 8.72. The predicted molar refractivity (Wildman–Crippen MR) is 115 cm³/mol. The van der Waals surface area contributed by atoms with Crippen molar-refractivity contribution in [2.24, 2.45) is 4.99 Å². The van der Waals surface area contributed by atoms with Crippen LogP contribution in [-0.4, -0.2) is 38.0 Å². The zero-order valence-corrected chi connectivity index (χ0v) is 16.6. The molecule has 0 aliphatic carbocycles. The summed E-state index contributed by atoms with van der Waals surface area (Å²) in [6.07, 6.45) is 1.20. The van der Waals surface area contributed by atoms with Gasteiger partial charge in [0.1, 0.15) is 5.75 Å². The van der Waals surface area contributed by atoms with E-state index in [1.165, 1.54) is 25.3 Å². The number of benzene rings is 2. The molecule has 0 spiro atoms. The molecule has 2 aromatic carbocycles. The molecule has 0 bridgehead atoms. The highest BCUT2D eigenvalue weighted by molar-refractivity contribution is 7.80. The molecule has 0 aliphatic heterocycles. The molecule has 0 unspecified atom stereocenters. The third kappa shape index (κ3) is 4.50. The Morgan fingerprint density at radius 3 is 2.43 bits per heavy atom. The molecular weight excluding hydrogens is 406 g/mol. The van der Waals surface area contributed by atoms with Gasteiger partial charge in [0.05, 0.1) is 16.8 Å². The van der Waals surface area contributed by atoms with E-state index < -0.39 is 11.5 Å². The number of nitrogens with one attached hydrogen (secondary N) is 3. The number of aliphatic imine (C=N–C) groups is 1. The van der Waals surface area contributed by atoms with E-state index >= 15 is 0 Å². The fourth-order valence-electron chi connectivity index (χ4n) is 2.61. The van der Waals surface area contributed by atoms with Gasteiger partial charge in [-0.05, 0) is 24.4 Å². The van der Waals surface area contributed by atoms with Crippen LogP contribution < -0.4 is 16.4 Å². The van der Waals surface area contributed by atoms with Crippen molar-refractivity contribution in [3.05, 3.63) is 76.1 Å². The molecule has 1 amide bonds. The lowest BCUT2D eigenvalue weighted by atomic mass is 10.1. The summed E-state index contributed by atoms with van der Waals surface area (Å²) in [6, 6.07) is 14.8. The SMILES string of the molecule is CC(=O)NNC(=S)/N=C/c1c(-c2ccccc2)[nH]n(C(=O)c2ccccc2O)c1=O. The Bertz CT molecular complexity index is 1200. The first-order valence-corrected chi connectivity index (χ1v) is 9.13. The van der Waals surface area contributed by atoms with Crippen molar-refractivity contribution in [3.63, 3.8) is 0 Å². The quantitative estimate of drug-likeness (QED) is 0.288. The van der Waals surface area contributed by atoms with Crippen LogP contribution in [0.4, 0.5) is 0 Å². The van der Waals surface area contributed by atoms with Gasteiger partial charge in [-0.15, -0.1) is 0 Å². The Kier molecular flexibility index (Phi) is 6.18. The van der Waals surface area contributed by atoms with E-state index in [9.17, 15) is 19.5 Å². The van der Waals surface area contributed by atoms with Crippen LogP contribution in [0, 0.1) is 0 Å². The molecule has 0 aliphatic rings. The average Bonchev–Trinajstić information content (AvgIpc) is 3.07. The molecule has 3 rings (SSSR count). The second-order valence-corrected chi connectivity index (χ2v) is 6.49. The highest BCUT2D eigenvalue weighted by Crippen LogP contribution is 2.20. The zero-order chi connectivity index (χ0) is 21.7. The fraction of sp³-hybridized carbons (Fsp3) is 0.0500. The van der Waals surface area contributed by atoms with Crippen LogP contribution in [0.2, 0.25) is 0 Å². The molecule has 4 N–H and O–H groups in total. The van der Waals surface area contributed by atoms with Gasteiger partial charge in [0.2, 0.25) is 11.0 Å². The van der Waals surface area contributed by atoms with Gasteiger partial charge in [-0.3, -0.25) is 30.3 Å². The molecule has 0 saturated carbocycles. The van der Waals surface area contributed by atoms with Gasteiger partial charge >= 0.3 is 0 Å². The van der Waals surface area contributed by atoms with Crippen molar-refractivity contribution < 1.29 is 14.7 Å². The predicted octanol–water partition coefficient (Wildman–Crippen LogP) is 1.58. The van der Waals surface area contributed by atoms with Gasteiger partial charge in [0, 0.05) is 18.7 Å². The van der Waals surface area contributed by atoms with E-state index in [1.54, 1.807) is 36.4 Å². The van der Waals surface area contributed by atoms with Crippen LogP contribution in [-0.2, 0) is 4.79 Å². The Morgan fingerprint density at radius 2 is 1.77 bits per heavy atom. The number of aromatic hydroxyl groups is 1. The van der Waals surface area contributed by atoms with Crippen molar-refractivity contribution in [1.29, 1.82) is 0 Å². The summed E-state index contributed by atoms with van der Waals surface area (Å²) in [7, 11) is 0. The molecule has 9 nitrogen and oxygen atoms in total. The number of hydrazine groups is 1. The number of carbonyl (C=O) groups is 2. The second kappa shape index (κ2) is 8.97. The van der Waals surface area contributed by atoms with E-state index in [4.69, 9.17) is 12.2 Å². The smallest absolute Gasteiger partial charge is 0.283 e. The number of para-hydroxylation sites is 1. The van der Waals surface area contributed by atoms with E-state index in [-0.39, 0.29) is 27.9 Å². The van der Waals surface area contributed by atoms with Gasteiger partial charge in [-0.1, -0.05) is 42.5 Å². The van der Waals surface area contributed by atoms with Crippen LogP contribution in [0.25, 0.3) is 11.3 Å². The summed E-state index contributed by atoms with van der Waals surface area (Å²) in [5, 5.41) is 12.7. The van der Waals surface area contributed by atoms with Crippen LogP contribution in [0.1, 0.15) is 22.8 Å². The molecule has 152 valence electrons. The van der Waals surface area contributed by atoms with Crippen molar-refractivity contribution in [3.8, 4) is 17.0 Å². The third-order valence-electron chi connectivity index (χ3n) is 3.98. The van der Waals surface area contributed by atoms with Crippen molar-refractivity contribution in [1.82, 2.24) is 20.6 Å². The minimum absolute atomic E-state index is 0.0354. The highest BCUT2D eigenvalue weighted by Gasteiger charge is 2.21. The van der Waals surface area contributed by atoms with E-state index in [0.29, 0.717) is 11.3 Å². The lowest BCUT2D eigenvalue weighted by Gasteiger charge is -2.03. The van der Waals surface area contributed by atoms with Crippen molar-refractivity contribution in [2.75, 3.05) is 0 Å². The van der Waals surface area contributed by atoms with Crippen LogP contribution in [0.5, 0.6) is 5.75 Å². The summed E-state index contributed by atoms with van der Waals surface area (Å²) >= 11 is 4.98. The zero-order valence-electron chi connectivity index (χ0n) is 15.7. The molecule has 10 heteroatoms. The molecule has 1 heterocycles. The number of rotatable bonds is 3. The minimum Gasteiger partial charge on any atom is -0.507 e. The van der Waals surface area contributed by atoms with Crippen LogP contribution in [0.15, 0.2) is 64.4 Å². The molecular formula is C20H17N5O4S. The number of phenolic OH excluding ortho intramolecular Hbond substituents is 1. The van der Waals surface area contributed by atoms with Crippen LogP contribution >= 0.6 is 12.2 Å². The number of aromatic nitrogens is 2. The van der Waals surface area contributed by atoms with Crippen molar-refractivity contribution in [2.45, 2.75) is 6.92 Å². The Labute approximate surface area is 176 Å². The summed E-state index contributed by atoms with van der Waals surface area (Å²) in [6.45, 7) is 1.29. The molecule has 3 aromatic rings. The number of hydrogen-bond acceptors (Lipinski definition) is 5. The van der Waals surface area contributed by atoms with Gasteiger partial charge in [0.15, 0.2) is 0 Å².